The highest BCUT2D eigenvalue weighted by Gasteiger charge is 2.25. The molecule has 3 heterocycles. The molecule has 2 aliphatic heterocycles. The molecule has 6 heteroatoms. The second-order valence-electron chi connectivity index (χ2n) is 6.64. The van der Waals surface area contributed by atoms with Crippen LogP contribution in [-0.2, 0) is 17.8 Å². The quantitative estimate of drug-likeness (QED) is 0.922. The van der Waals surface area contributed by atoms with Crippen LogP contribution in [-0.4, -0.2) is 53.6 Å². The van der Waals surface area contributed by atoms with Gasteiger partial charge in [-0.3, -0.25) is 9.78 Å². The summed E-state index contributed by atoms with van der Waals surface area (Å²) >= 11 is 0. The fraction of sp³-hybridized carbons (Fsp3) is 0.421. The first-order valence-electron chi connectivity index (χ1n) is 8.72. The third kappa shape index (κ3) is 3.27. The Balaban J connectivity index is 1.52. The predicted molar refractivity (Wildman–Crippen MR) is 94.2 cm³/mol. The first-order chi connectivity index (χ1) is 12.2. The Morgan fingerprint density at radius 2 is 2.20 bits per heavy atom. The lowest BCUT2D eigenvalue weighted by molar-refractivity contribution is 0.0737. The van der Waals surface area contributed by atoms with Crippen LogP contribution in [0, 0.1) is 0 Å². The minimum absolute atomic E-state index is 0.0738. The summed E-state index contributed by atoms with van der Waals surface area (Å²) in [6, 6.07) is 6.51. The zero-order chi connectivity index (χ0) is 17.2. The van der Waals surface area contributed by atoms with E-state index in [0.29, 0.717) is 12.3 Å². The average molecular weight is 338 g/mol. The Morgan fingerprint density at radius 3 is 2.96 bits per heavy atom. The Bertz CT molecular complexity index is 769. The second kappa shape index (κ2) is 6.90. The zero-order valence-electron chi connectivity index (χ0n) is 14.4. The van der Waals surface area contributed by atoms with Crippen molar-refractivity contribution in [2.75, 3.05) is 26.7 Å². The van der Waals surface area contributed by atoms with Crippen LogP contribution in [0.15, 0.2) is 30.6 Å². The monoisotopic (exact) mass is 338 g/mol. The van der Waals surface area contributed by atoms with Crippen molar-refractivity contribution in [1.29, 1.82) is 0 Å². The largest absolute Gasteiger partial charge is 0.376 e. The Morgan fingerprint density at radius 1 is 1.28 bits per heavy atom. The summed E-state index contributed by atoms with van der Waals surface area (Å²) in [4.78, 5) is 23.2. The van der Waals surface area contributed by atoms with Gasteiger partial charge in [0, 0.05) is 25.2 Å². The summed E-state index contributed by atoms with van der Waals surface area (Å²) in [6.07, 6.45) is 5.17. The van der Waals surface area contributed by atoms with E-state index in [1.807, 2.05) is 13.1 Å². The maximum atomic E-state index is 12.6. The molecule has 1 aromatic carbocycles. The van der Waals surface area contributed by atoms with E-state index in [1.54, 1.807) is 17.3 Å². The first kappa shape index (κ1) is 16.2. The zero-order valence-corrected chi connectivity index (χ0v) is 14.4. The Labute approximate surface area is 147 Å². The van der Waals surface area contributed by atoms with Gasteiger partial charge in [-0.05, 0) is 36.6 Å². The number of carbonyl (C=O) groups excluding carboxylic acids is 1. The molecule has 2 aromatic rings. The normalized spacial score (nSPS) is 19.5. The summed E-state index contributed by atoms with van der Waals surface area (Å²) in [7, 11) is 1.83. The van der Waals surface area contributed by atoms with Crippen LogP contribution in [0.3, 0.4) is 0 Å². The predicted octanol–water partition coefficient (Wildman–Crippen LogP) is 1.65. The lowest BCUT2D eigenvalue weighted by atomic mass is 9.99. The van der Waals surface area contributed by atoms with Gasteiger partial charge in [-0.1, -0.05) is 12.1 Å². The van der Waals surface area contributed by atoms with Crippen LogP contribution in [0.25, 0.3) is 11.3 Å². The van der Waals surface area contributed by atoms with E-state index in [-0.39, 0.29) is 11.9 Å². The molecule has 1 amide bonds. The molecule has 4 rings (SSSR count). The van der Waals surface area contributed by atoms with Crippen LogP contribution < -0.4 is 5.32 Å². The van der Waals surface area contributed by atoms with E-state index in [1.165, 1.54) is 11.1 Å². The van der Waals surface area contributed by atoms with Gasteiger partial charge in [0.25, 0.3) is 5.91 Å². The molecule has 1 fully saturated rings. The van der Waals surface area contributed by atoms with Gasteiger partial charge in [0.1, 0.15) is 5.69 Å². The Hall–Kier alpha value is -2.31. The topological polar surface area (TPSA) is 67.4 Å². The molecule has 1 atom stereocenters. The van der Waals surface area contributed by atoms with E-state index >= 15 is 0 Å². The van der Waals surface area contributed by atoms with Crippen molar-refractivity contribution in [1.82, 2.24) is 20.2 Å². The number of amides is 1. The summed E-state index contributed by atoms with van der Waals surface area (Å²) in [5, 5.41) is 3.28. The fourth-order valence-electron chi connectivity index (χ4n) is 3.43. The molecule has 1 aromatic heterocycles. The van der Waals surface area contributed by atoms with Gasteiger partial charge in [0.05, 0.1) is 31.3 Å². The van der Waals surface area contributed by atoms with Crippen LogP contribution >= 0.6 is 0 Å². The van der Waals surface area contributed by atoms with E-state index in [0.717, 1.165) is 43.8 Å². The maximum Gasteiger partial charge on any atom is 0.274 e. The SMILES string of the molecule is CN(C(=O)c1cnc(-c2ccc3c(c2)CCOC3)cn1)C1CCNC1. The molecule has 130 valence electrons. The van der Waals surface area contributed by atoms with Gasteiger partial charge in [0.15, 0.2) is 0 Å². The number of nitrogens with one attached hydrogen (secondary N) is 1. The lowest BCUT2D eigenvalue weighted by Crippen LogP contribution is -2.38. The lowest BCUT2D eigenvalue weighted by Gasteiger charge is -2.23. The van der Waals surface area contributed by atoms with Gasteiger partial charge < -0.3 is 15.0 Å². The van der Waals surface area contributed by atoms with Crippen molar-refractivity contribution in [2.24, 2.45) is 0 Å². The van der Waals surface area contributed by atoms with E-state index < -0.39 is 0 Å². The van der Waals surface area contributed by atoms with Crippen molar-refractivity contribution in [3.8, 4) is 11.3 Å². The average Bonchev–Trinajstić information content (AvgIpc) is 3.21. The molecule has 1 saturated heterocycles. The van der Waals surface area contributed by atoms with Gasteiger partial charge >= 0.3 is 0 Å². The Kier molecular flexibility index (Phi) is 4.46. The molecular weight excluding hydrogens is 316 g/mol. The van der Waals surface area contributed by atoms with Crippen molar-refractivity contribution in [3.05, 3.63) is 47.4 Å². The molecule has 0 spiro atoms. The number of hydrogen-bond acceptors (Lipinski definition) is 5. The number of fused-ring (bicyclic) bond motifs is 1. The molecule has 0 bridgehead atoms. The summed E-state index contributed by atoms with van der Waals surface area (Å²) in [5.74, 6) is -0.0738. The van der Waals surface area contributed by atoms with Gasteiger partial charge in [-0.15, -0.1) is 0 Å². The number of carbonyl (C=O) groups is 1. The van der Waals surface area contributed by atoms with E-state index in [4.69, 9.17) is 4.74 Å². The van der Waals surface area contributed by atoms with E-state index in [9.17, 15) is 4.79 Å². The minimum Gasteiger partial charge on any atom is -0.376 e. The third-order valence-corrected chi connectivity index (χ3v) is 5.05. The van der Waals surface area contributed by atoms with Crippen molar-refractivity contribution in [3.63, 3.8) is 0 Å². The summed E-state index contributed by atoms with van der Waals surface area (Å²) < 4.78 is 5.47. The van der Waals surface area contributed by atoms with Crippen molar-refractivity contribution in [2.45, 2.75) is 25.5 Å². The van der Waals surface area contributed by atoms with Gasteiger partial charge in [-0.25, -0.2) is 4.98 Å². The summed E-state index contributed by atoms with van der Waals surface area (Å²) in [6.45, 7) is 3.23. The fourth-order valence-corrected chi connectivity index (χ4v) is 3.43. The number of aromatic nitrogens is 2. The number of hydrogen-bond donors (Lipinski definition) is 1. The molecule has 1 N–H and O–H groups in total. The standard InChI is InChI=1S/C19H22N4O2/c1-23(16-4-6-20-9-16)19(24)18-11-21-17(10-22-18)14-2-3-15-12-25-7-5-13(15)8-14/h2-3,8,10-11,16,20H,4-7,9,12H2,1H3. The van der Waals surface area contributed by atoms with Crippen LogP contribution in [0.5, 0.6) is 0 Å². The molecule has 2 aliphatic rings. The molecule has 25 heavy (non-hydrogen) atoms. The number of ether oxygens (including phenoxy) is 1. The molecular formula is C19H22N4O2. The first-order valence-corrected chi connectivity index (χ1v) is 8.72. The smallest absolute Gasteiger partial charge is 0.274 e. The molecule has 0 saturated carbocycles. The maximum absolute atomic E-state index is 12.6. The van der Waals surface area contributed by atoms with E-state index in [2.05, 4.69) is 27.4 Å². The highest BCUT2D eigenvalue weighted by molar-refractivity contribution is 5.92. The van der Waals surface area contributed by atoms with Gasteiger partial charge in [-0.2, -0.15) is 0 Å². The molecule has 1 unspecified atom stereocenters. The van der Waals surface area contributed by atoms with Crippen molar-refractivity contribution < 1.29 is 9.53 Å². The van der Waals surface area contributed by atoms with Crippen molar-refractivity contribution >= 4 is 5.91 Å². The molecule has 0 radical (unpaired) electrons. The number of nitrogens with zero attached hydrogens (tertiary/aromatic N) is 3. The third-order valence-electron chi connectivity index (χ3n) is 5.05. The van der Waals surface area contributed by atoms with Crippen LogP contribution in [0.2, 0.25) is 0 Å². The number of rotatable bonds is 3. The second-order valence-corrected chi connectivity index (χ2v) is 6.64. The number of likely N-dealkylation sites (N-methyl/N-ethyl adjacent to an activating group) is 1. The highest BCUT2D eigenvalue weighted by atomic mass is 16.5. The van der Waals surface area contributed by atoms with Crippen LogP contribution in [0.1, 0.15) is 28.0 Å². The number of benzene rings is 1. The minimum atomic E-state index is -0.0738. The van der Waals surface area contributed by atoms with Crippen LogP contribution in [0.4, 0.5) is 0 Å². The molecule has 0 aliphatic carbocycles. The van der Waals surface area contributed by atoms with Gasteiger partial charge in [0.2, 0.25) is 0 Å². The summed E-state index contributed by atoms with van der Waals surface area (Å²) in [5.41, 5.74) is 4.75. The molecule has 6 nitrogen and oxygen atoms in total. The highest BCUT2D eigenvalue weighted by Crippen LogP contribution is 2.24.